The number of likely N-dealkylation sites (N-methyl/N-ethyl adjacent to an activating group) is 1. The van der Waals surface area contributed by atoms with Crippen molar-refractivity contribution in [1.82, 2.24) is 10.2 Å². The highest BCUT2D eigenvalue weighted by Gasteiger charge is 2.07. The molecule has 0 aliphatic carbocycles. The van der Waals surface area contributed by atoms with E-state index < -0.39 is 0 Å². The van der Waals surface area contributed by atoms with Gasteiger partial charge in [-0.25, -0.2) is 0 Å². The molecule has 0 bridgehead atoms. The third kappa shape index (κ3) is 10.3. The lowest BCUT2D eigenvalue weighted by Crippen LogP contribution is -2.33. The minimum atomic E-state index is -0.0246. The second kappa shape index (κ2) is 10.5. The third-order valence-corrected chi connectivity index (χ3v) is 2.52. The van der Waals surface area contributed by atoms with Crippen LogP contribution in [-0.4, -0.2) is 50.3 Å². The summed E-state index contributed by atoms with van der Waals surface area (Å²) in [5, 5.41) is 12.2. The summed E-state index contributed by atoms with van der Waals surface area (Å²) in [6, 6.07) is 2.27. The molecule has 0 heterocycles. The van der Waals surface area contributed by atoms with Crippen molar-refractivity contribution in [2.24, 2.45) is 0 Å². The Bertz CT molecular complexity index is 213. The van der Waals surface area contributed by atoms with Gasteiger partial charge in [0, 0.05) is 13.1 Å². The van der Waals surface area contributed by atoms with Gasteiger partial charge in [-0.2, -0.15) is 5.26 Å². The van der Waals surface area contributed by atoms with Crippen molar-refractivity contribution in [2.45, 2.75) is 45.8 Å². The fraction of sp³-hybridized carbons (Fsp3) is 0.923. The van der Waals surface area contributed by atoms with Crippen molar-refractivity contribution in [3.63, 3.8) is 0 Å². The molecule has 4 heteroatoms. The summed E-state index contributed by atoms with van der Waals surface area (Å²) >= 11 is 0. The zero-order valence-electron chi connectivity index (χ0n) is 11.7. The lowest BCUT2D eigenvalue weighted by atomic mass is 10.2. The standard InChI is InChI=1S/C13H27N3O/c1-5-7-15-13(11-14)6-8-16(4)9-10-17-12(2)3/h12-13,15H,5-10H2,1-4H3. The molecule has 4 nitrogen and oxygen atoms in total. The normalized spacial score (nSPS) is 13.0. The minimum absolute atomic E-state index is 0.0246. The van der Waals surface area contributed by atoms with Gasteiger partial charge >= 0.3 is 0 Å². The van der Waals surface area contributed by atoms with Crippen LogP contribution in [0.3, 0.4) is 0 Å². The Morgan fingerprint density at radius 3 is 2.59 bits per heavy atom. The average Bonchev–Trinajstić information content (AvgIpc) is 2.29. The summed E-state index contributed by atoms with van der Waals surface area (Å²) in [6.07, 6.45) is 2.23. The molecule has 0 aliphatic heterocycles. The van der Waals surface area contributed by atoms with E-state index in [9.17, 15) is 0 Å². The molecular weight excluding hydrogens is 214 g/mol. The fourth-order valence-corrected chi connectivity index (χ4v) is 1.44. The van der Waals surface area contributed by atoms with Gasteiger partial charge in [-0.15, -0.1) is 0 Å². The number of nitrogens with one attached hydrogen (secondary N) is 1. The predicted octanol–water partition coefficient (Wildman–Crippen LogP) is 1.63. The number of hydrogen-bond donors (Lipinski definition) is 1. The molecule has 1 atom stereocenters. The minimum Gasteiger partial charge on any atom is -0.377 e. The highest BCUT2D eigenvalue weighted by Crippen LogP contribution is 1.95. The first-order valence-corrected chi connectivity index (χ1v) is 6.53. The van der Waals surface area contributed by atoms with Crippen LogP contribution in [0.25, 0.3) is 0 Å². The van der Waals surface area contributed by atoms with Crippen LogP contribution in [0.15, 0.2) is 0 Å². The molecule has 0 aromatic carbocycles. The van der Waals surface area contributed by atoms with E-state index in [1.54, 1.807) is 0 Å². The van der Waals surface area contributed by atoms with Crippen molar-refractivity contribution in [2.75, 3.05) is 33.3 Å². The van der Waals surface area contributed by atoms with Gasteiger partial charge in [0.05, 0.1) is 24.8 Å². The molecular formula is C13H27N3O. The lowest BCUT2D eigenvalue weighted by Gasteiger charge is -2.19. The van der Waals surface area contributed by atoms with E-state index in [0.29, 0.717) is 6.10 Å². The van der Waals surface area contributed by atoms with E-state index in [-0.39, 0.29) is 6.04 Å². The second-order valence-corrected chi connectivity index (χ2v) is 4.65. The van der Waals surface area contributed by atoms with E-state index in [1.807, 2.05) is 13.8 Å². The zero-order chi connectivity index (χ0) is 13.1. The zero-order valence-corrected chi connectivity index (χ0v) is 11.7. The first-order valence-electron chi connectivity index (χ1n) is 6.53. The largest absolute Gasteiger partial charge is 0.377 e. The van der Waals surface area contributed by atoms with Crippen LogP contribution in [-0.2, 0) is 4.74 Å². The Morgan fingerprint density at radius 1 is 1.35 bits per heavy atom. The molecule has 0 amide bonds. The maximum Gasteiger partial charge on any atom is 0.0965 e. The summed E-state index contributed by atoms with van der Waals surface area (Å²) in [5.41, 5.74) is 0. The molecule has 0 rings (SSSR count). The Balaban J connectivity index is 3.59. The number of nitriles is 1. The third-order valence-electron chi connectivity index (χ3n) is 2.52. The van der Waals surface area contributed by atoms with Crippen LogP contribution in [0.1, 0.15) is 33.6 Å². The Labute approximate surface area is 106 Å². The van der Waals surface area contributed by atoms with Gasteiger partial charge in [0.1, 0.15) is 0 Å². The van der Waals surface area contributed by atoms with E-state index in [2.05, 4.69) is 30.3 Å². The smallest absolute Gasteiger partial charge is 0.0965 e. The highest BCUT2D eigenvalue weighted by atomic mass is 16.5. The molecule has 100 valence electrons. The summed E-state index contributed by atoms with van der Waals surface area (Å²) in [5.74, 6) is 0. The van der Waals surface area contributed by atoms with Crippen LogP contribution in [0.5, 0.6) is 0 Å². The molecule has 1 N–H and O–H groups in total. The van der Waals surface area contributed by atoms with Gasteiger partial charge in [-0.1, -0.05) is 6.92 Å². The first kappa shape index (κ1) is 16.4. The maximum absolute atomic E-state index is 8.96. The SMILES string of the molecule is CCCNC(C#N)CCN(C)CCOC(C)C. The summed E-state index contributed by atoms with van der Waals surface area (Å²) < 4.78 is 5.49. The average molecular weight is 241 g/mol. The summed E-state index contributed by atoms with van der Waals surface area (Å²) in [4.78, 5) is 2.21. The van der Waals surface area contributed by atoms with Gasteiger partial charge < -0.3 is 15.0 Å². The van der Waals surface area contributed by atoms with Crippen molar-refractivity contribution in [3.8, 4) is 6.07 Å². The van der Waals surface area contributed by atoms with Crippen LogP contribution < -0.4 is 5.32 Å². The number of hydrogen-bond acceptors (Lipinski definition) is 4. The molecule has 0 aromatic heterocycles. The lowest BCUT2D eigenvalue weighted by molar-refractivity contribution is 0.0635. The second-order valence-electron chi connectivity index (χ2n) is 4.65. The maximum atomic E-state index is 8.96. The highest BCUT2D eigenvalue weighted by molar-refractivity contribution is 4.89. The molecule has 0 aliphatic rings. The van der Waals surface area contributed by atoms with Crippen LogP contribution in [0, 0.1) is 11.3 Å². The van der Waals surface area contributed by atoms with Gasteiger partial charge in [0.25, 0.3) is 0 Å². The summed E-state index contributed by atoms with van der Waals surface area (Å²) in [7, 11) is 2.07. The van der Waals surface area contributed by atoms with E-state index >= 15 is 0 Å². The van der Waals surface area contributed by atoms with Gasteiger partial charge in [-0.3, -0.25) is 0 Å². The van der Waals surface area contributed by atoms with Gasteiger partial charge in [0.2, 0.25) is 0 Å². The van der Waals surface area contributed by atoms with Gasteiger partial charge in [-0.05, 0) is 40.3 Å². The van der Waals surface area contributed by atoms with E-state index in [1.165, 1.54) is 0 Å². The Morgan fingerprint density at radius 2 is 2.06 bits per heavy atom. The van der Waals surface area contributed by atoms with E-state index in [4.69, 9.17) is 10.00 Å². The fourth-order valence-electron chi connectivity index (χ4n) is 1.44. The van der Waals surface area contributed by atoms with Gasteiger partial charge in [0.15, 0.2) is 0 Å². The van der Waals surface area contributed by atoms with Crippen LogP contribution in [0.4, 0.5) is 0 Å². The molecule has 0 aromatic rings. The Hall–Kier alpha value is -0.630. The molecule has 0 saturated heterocycles. The summed E-state index contributed by atoms with van der Waals surface area (Å²) in [6.45, 7) is 9.71. The monoisotopic (exact) mass is 241 g/mol. The van der Waals surface area contributed by atoms with E-state index in [0.717, 1.165) is 39.1 Å². The molecule has 1 unspecified atom stereocenters. The number of rotatable bonds is 10. The van der Waals surface area contributed by atoms with Crippen molar-refractivity contribution < 1.29 is 4.74 Å². The molecule has 17 heavy (non-hydrogen) atoms. The van der Waals surface area contributed by atoms with Crippen molar-refractivity contribution in [1.29, 1.82) is 5.26 Å². The quantitative estimate of drug-likeness (QED) is 0.631. The van der Waals surface area contributed by atoms with Crippen molar-refractivity contribution in [3.05, 3.63) is 0 Å². The first-order chi connectivity index (χ1) is 8.10. The predicted molar refractivity (Wildman–Crippen MR) is 70.9 cm³/mol. The molecule has 0 radical (unpaired) electrons. The van der Waals surface area contributed by atoms with Crippen LogP contribution in [0.2, 0.25) is 0 Å². The van der Waals surface area contributed by atoms with Crippen molar-refractivity contribution >= 4 is 0 Å². The number of nitrogens with zero attached hydrogens (tertiary/aromatic N) is 2. The number of ether oxygens (including phenoxy) is 1. The van der Waals surface area contributed by atoms with Crippen LogP contribution >= 0.6 is 0 Å². The molecule has 0 spiro atoms. The Kier molecular flexibility index (Phi) is 10.1. The molecule has 0 saturated carbocycles. The molecule has 0 fully saturated rings. The topological polar surface area (TPSA) is 48.3 Å².